The van der Waals surface area contributed by atoms with Crippen molar-refractivity contribution in [3.8, 4) is 0 Å². The number of benzene rings is 2. The highest BCUT2D eigenvalue weighted by molar-refractivity contribution is 6.04. The van der Waals surface area contributed by atoms with E-state index in [1.165, 1.54) is 7.05 Å². The van der Waals surface area contributed by atoms with Gasteiger partial charge in [-0.25, -0.2) is 9.48 Å². The first-order valence-corrected chi connectivity index (χ1v) is 8.96. The lowest BCUT2D eigenvalue weighted by Gasteiger charge is -2.14. The lowest BCUT2D eigenvalue weighted by Crippen LogP contribution is -2.24. The Hall–Kier alpha value is -3.28. The molecular formula is C22H22N2O4. The molecule has 0 saturated heterocycles. The highest BCUT2D eigenvalue weighted by atomic mass is 16.5. The van der Waals surface area contributed by atoms with E-state index in [4.69, 9.17) is 4.74 Å². The minimum absolute atomic E-state index is 0.0125. The van der Waals surface area contributed by atoms with Crippen molar-refractivity contribution < 1.29 is 14.3 Å². The molecule has 28 heavy (non-hydrogen) atoms. The molecule has 0 radical (unpaired) electrons. The van der Waals surface area contributed by atoms with Gasteiger partial charge >= 0.3 is 5.97 Å². The summed E-state index contributed by atoms with van der Waals surface area (Å²) in [6.07, 6.45) is 0. The van der Waals surface area contributed by atoms with Gasteiger partial charge in [-0.3, -0.25) is 9.59 Å². The van der Waals surface area contributed by atoms with E-state index < -0.39 is 5.97 Å². The Balaban J connectivity index is 1.88. The van der Waals surface area contributed by atoms with Crippen molar-refractivity contribution in [2.24, 2.45) is 7.05 Å². The molecule has 0 N–H and O–H groups in total. The summed E-state index contributed by atoms with van der Waals surface area (Å²) in [5.41, 5.74) is 4.36. The molecule has 6 heteroatoms. The van der Waals surface area contributed by atoms with Crippen LogP contribution in [0, 0.1) is 27.7 Å². The largest absolute Gasteiger partial charge is 0.452 e. The molecule has 0 spiro atoms. The van der Waals surface area contributed by atoms with Crippen LogP contribution in [0.2, 0.25) is 0 Å². The lowest BCUT2D eigenvalue weighted by atomic mass is 9.93. The third-order valence-corrected chi connectivity index (χ3v) is 5.27. The van der Waals surface area contributed by atoms with Crippen LogP contribution >= 0.6 is 0 Å². The average Bonchev–Trinajstić information content (AvgIpc) is 2.69. The first kappa shape index (κ1) is 19.5. The standard InChI is InChI=1S/C22H22N2O4/c1-12-10-18(15(4)14(3)13(12)2)19(25)11-28-22(27)20-16-8-6-7-9-17(16)21(26)24(5)23-20/h6-10H,11H2,1-5H3. The third kappa shape index (κ3) is 3.33. The second-order valence-electron chi connectivity index (χ2n) is 6.94. The fourth-order valence-electron chi connectivity index (χ4n) is 3.23. The maximum absolute atomic E-state index is 12.6. The number of nitrogens with zero attached hydrogens (tertiary/aromatic N) is 2. The molecule has 3 rings (SSSR count). The highest BCUT2D eigenvalue weighted by Gasteiger charge is 2.20. The van der Waals surface area contributed by atoms with Crippen LogP contribution in [0.5, 0.6) is 0 Å². The molecule has 2 aromatic carbocycles. The van der Waals surface area contributed by atoms with Crippen LogP contribution in [0.4, 0.5) is 0 Å². The van der Waals surface area contributed by atoms with Gasteiger partial charge in [-0.15, -0.1) is 0 Å². The van der Waals surface area contributed by atoms with Crippen molar-refractivity contribution in [2.75, 3.05) is 6.61 Å². The number of ether oxygens (including phenoxy) is 1. The Kier molecular flexibility index (Phi) is 5.14. The van der Waals surface area contributed by atoms with Crippen LogP contribution < -0.4 is 5.56 Å². The summed E-state index contributed by atoms with van der Waals surface area (Å²) in [5.74, 6) is -1.01. The van der Waals surface area contributed by atoms with Gasteiger partial charge in [-0.2, -0.15) is 5.10 Å². The molecule has 0 unspecified atom stereocenters. The van der Waals surface area contributed by atoms with Crippen LogP contribution in [0.3, 0.4) is 0 Å². The van der Waals surface area contributed by atoms with Gasteiger partial charge in [0.05, 0.1) is 5.39 Å². The van der Waals surface area contributed by atoms with Crippen LogP contribution in [-0.2, 0) is 11.8 Å². The number of rotatable bonds is 4. The predicted molar refractivity (Wildman–Crippen MR) is 107 cm³/mol. The summed E-state index contributed by atoms with van der Waals surface area (Å²) in [7, 11) is 1.47. The summed E-state index contributed by atoms with van der Waals surface area (Å²) in [6, 6.07) is 8.52. The molecule has 0 aliphatic rings. The zero-order chi connectivity index (χ0) is 20.6. The molecule has 0 aliphatic heterocycles. The molecule has 6 nitrogen and oxygen atoms in total. The van der Waals surface area contributed by atoms with Gasteiger partial charge in [0.15, 0.2) is 12.3 Å². The summed E-state index contributed by atoms with van der Waals surface area (Å²) in [4.78, 5) is 37.4. The van der Waals surface area contributed by atoms with Gasteiger partial charge in [0.1, 0.15) is 0 Å². The number of hydrogen-bond acceptors (Lipinski definition) is 5. The Morgan fingerprint density at radius 1 is 1.00 bits per heavy atom. The molecule has 144 valence electrons. The maximum Gasteiger partial charge on any atom is 0.359 e. The number of carbonyl (C=O) groups is 2. The van der Waals surface area contributed by atoms with Crippen LogP contribution in [0.1, 0.15) is 43.1 Å². The van der Waals surface area contributed by atoms with Gasteiger partial charge in [0, 0.05) is 18.0 Å². The van der Waals surface area contributed by atoms with Gasteiger partial charge in [-0.1, -0.05) is 18.2 Å². The van der Waals surface area contributed by atoms with Gasteiger partial charge in [0.2, 0.25) is 5.78 Å². The van der Waals surface area contributed by atoms with Crippen LogP contribution in [-0.4, -0.2) is 28.1 Å². The fourth-order valence-corrected chi connectivity index (χ4v) is 3.23. The fraction of sp³-hybridized carbons (Fsp3) is 0.273. The van der Waals surface area contributed by atoms with E-state index in [0.717, 1.165) is 26.9 Å². The van der Waals surface area contributed by atoms with Crippen molar-refractivity contribution >= 4 is 22.5 Å². The molecule has 0 bridgehead atoms. The first-order valence-electron chi connectivity index (χ1n) is 8.96. The monoisotopic (exact) mass is 378 g/mol. The Morgan fingerprint density at radius 2 is 1.64 bits per heavy atom. The second-order valence-corrected chi connectivity index (χ2v) is 6.94. The van der Waals surface area contributed by atoms with E-state index in [0.29, 0.717) is 16.3 Å². The number of fused-ring (bicyclic) bond motifs is 1. The molecular weight excluding hydrogens is 356 g/mol. The summed E-state index contributed by atoms with van der Waals surface area (Å²) in [5, 5.41) is 4.81. The van der Waals surface area contributed by atoms with Crippen molar-refractivity contribution in [1.82, 2.24) is 9.78 Å². The molecule has 0 aliphatic carbocycles. The van der Waals surface area contributed by atoms with Gasteiger partial charge in [0.25, 0.3) is 5.56 Å². The normalized spacial score (nSPS) is 10.9. The molecule has 3 aromatic rings. The summed E-state index contributed by atoms with van der Waals surface area (Å²) < 4.78 is 6.34. The van der Waals surface area contributed by atoms with E-state index in [-0.39, 0.29) is 23.6 Å². The van der Waals surface area contributed by atoms with Gasteiger partial charge < -0.3 is 4.74 Å². The molecule has 0 atom stereocenters. The predicted octanol–water partition coefficient (Wildman–Crippen LogP) is 3.21. The minimum Gasteiger partial charge on any atom is -0.452 e. The highest BCUT2D eigenvalue weighted by Crippen LogP contribution is 2.22. The van der Waals surface area contributed by atoms with Crippen LogP contribution in [0.25, 0.3) is 10.8 Å². The third-order valence-electron chi connectivity index (χ3n) is 5.27. The van der Waals surface area contributed by atoms with E-state index in [2.05, 4.69) is 5.10 Å². The van der Waals surface area contributed by atoms with E-state index in [1.807, 2.05) is 33.8 Å². The lowest BCUT2D eigenvalue weighted by molar-refractivity contribution is 0.0468. The second kappa shape index (κ2) is 7.38. The van der Waals surface area contributed by atoms with Crippen molar-refractivity contribution in [1.29, 1.82) is 0 Å². The van der Waals surface area contributed by atoms with Crippen LogP contribution in [0.15, 0.2) is 35.1 Å². The minimum atomic E-state index is -0.738. The molecule has 0 amide bonds. The zero-order valence-electron chi connectivity index (χ0n) is 16.6. The number of aromatic nitrogens is 2. The Labute approximate surface area is 162 Å². The molecule has 1 heterocycles. The summed E-state index contributed by atoms with van der Waals surface area (Å²) in [6.45, 7) is 7.44. The molecule has 1 aromatic heterocycles. The Bertz CT molecular complexity index is 1180. The SMILES string of the molecule is Cc1cc(C(=O)COC(=O)c2nn(C)c(=O)c3ccccc23)c(C)c(C)c1C. The summed E-state index contributed by atoms with van der Waals surface area (Å²) >= 11 is 0. The van der Waals surface area contributed by atoms with E-state index >= 15 is 0 Å². The quantitative estimate of drug-likeness (QED) is 0.515. The smallest absolute Gasteiger partial charge is 0.359 e. The topological polar surface area (TPSA) is 78.3 Å². The van der Waals surface area contributed by atoms with E-state index in [1.54, 1.807) is 24.3 Å². The average molecular weight is 378 g/mol. The van der Waals surface area contributed by atoms with E-state index in [9.17, 15) is 14.4 Å². The first-order chi connectivity index (χ1) is 13.2. The zero-order valence-corrected chi connectivity index (χ0v) is 16.6. The molecule has 0 fully saturated rings. The Morgan fingerprint density at radius 3 is 2.32 bits per heavy atom. The van der Waals surface area contributed by atoms with Gasteiger partial charge in [-0.05, 0) is 62.1 Å². The number of ketones is 1. The maximum atomic E-state index is 12.6. The number of carbonyl (C=O) groups excluding carboxylic acids is 2. The van der Waals surface area contributed by atoms with Crippen molar-refractivity contribution in [3.05, 3.63) is 74.2 Å². The van der Waals surface area contributed by atoms with Crippen molar-refractivity contribution in [2.45, 2.75) is 27.7 Å². The number of esters is 1. The number of Topliss-reactive ketones (excluding diaryl/α,β-unsaturated/α-hetero) is 1. The molecule has 0 saturated carbocycles. The number of aryl methyl sites for hydroxylation is 2. The van der Waals surface area contributed by atoms with Crippen molar-refractivity contribution in [3.63, 3.8) is 0 Å². The number of hydrogen-bond donors (Lipinski definition) is 0.